The number of rotatable bonds is 2. The lowest BCUT2D eigenvalue weighted by Crippen LogP contribution is -2.53. The summed E-state index contributed by atoms with van der Waals surface area (Å²) in [6.45, 7) is 10.1. The fraction of sp³-hybridized carbons (Fsp3) is 0.500. The van der Waals surface area contributed by atoms with Crippen LogP contribution in [-0.2, 0) is 0 Å². The molecule has 22 heavy (non-hydrogen) atoms. The van der Waals surface area contributed by atoms with E-state index in [0.29, 0.717) is 10.9 Å². The van der Waals surface area contributed by atoms with Crippen LogP contribution in [0.5, 0.6) is 0 Å². The first-order valence-electron chi connectivity index (χ1n) is 7.28. The lowest BCUT2D eigenvalue weighted by atomic mass is 10.1. The summed E-state index contributed by atoms with van der Waals surface area (Å²) in [7, 11) is 0. The summed E-state index contributed by atoms with van der Waals surface area (Å²) in [5, 5.41) is 1.45. The van der Waals surface area contributed by atoms with E-state index in [0.717, 1.165) is 10.9 Å². The SMILES string of the molecule is CC(C)N1C(=O)N(c2ccc(Cl)cc2)CSC1=NC(C)(C)C. The van der Waals surface area contributed by atoms with Crippen LogP contribution in [0.2, 0.25) is 5.02 Å². The average molecular weight is 340 g/mol. The van der Waals surface area contributed by atoms with Crippen LogP contribution in [0.25, 0.3) is 0 Å². The van der Waals surface area contributed by atoms with E-state index < -0.39 is 0 Å². The van der Waals surface area contributed by atoms with E-state index in [1.54, 1.807) is 33.7 Å². The Hall–Kier alpha value is -1.20. The van der Waals surface area contributed by atoms with Crippen molar-refractivity contribution in [1.29, 1.82) is 0 Å². The number of benzene rings is 1. The van der Waals surface area contributed by atoms with E-state index >= 15 is 0 Å². The maximum atomic E-state index is 12.9. The molecule has 1 saturated heterocycles. The molecule has 0 N–H and O–H groups in total. The van der Waals surface area contributed by atoms with Crippen LogP contribution in [0.4, 0.5) is 10.5 Å². The van der Waals surface area contributed by atoms with Gasteiger partial charge in [-0.25, -0.2) is 4.79 Å². The van der Waals surface area contributed by atoms with Crippen molar-refractivity contribution >= 4 is 40.2 Å². The Labute approximate surface area is 141 Å². The zero-order chi connectivity index (χ0) is 16.5. The molecule has 0 unspecified atom stereocenters. The molecule has 0 bridgehead atoms. The Bertz CT molecular complexity index is 578. The number of thioether (sulfide) groups is 1. The van der Waals surface area contributed by atoms with E-state index in [1.165, 1.54) is 0 Å². The van der Waals surface area contributed by atoms with E-state index in [1.807, 2.05) is 46.8 Å². The Kier molecular flexibility index (Phi) is 5.07. The Morgan fingerprint density at radius 1 is 1.23 bits per heavy atom. The second-order valence-electron chi connectivity index (χ2n) is 6.49. The van der Waals surface area contributed by atoms with Gasteiger partial charge in [-0.3, -0.25) is 14.8 Å². The number of halogens is 1. The number of urea groups is 1. The molecule has 2 amide bonds. The molecule has 1 aliphatic rings. The molecule has 0 spiro atoms. The lowest BCUT2D eigenvalue weighted by Gasteiger charge is -2.38. The molecule has 0 aromatic heterocycles. The molecule has 0 aliphatic carbocycles. The summed E-state index contributed by atoms with van der Waals surface area (Å²) >= 11 is 7.51. The average Bonchev–Trinajstić information content (AvgIpc) is 2.38. The fourth-order valence-corrected chi connectivity index (χ4v) is 3.48. The van der Waals surface area contributed by atoms with Gasteiger partial charge in [0, 0.05) is 16.8 Å². The highest BCUT2D eigenvalue weighted by Gasteiger charge is 2.34. The van der Waals surface area contributed by atoms with Gasteiger partial charge in [0.25, 0.3) is 0 Å². The monoisotopic (exact) mass is 339 g/mol. The molecule has 4 nitrogen and oxygen atoms in total. The maximum absolute atomic E-state index is 12.9. The van der Waals surface area contributed by atoms with Crippen LogP contribution in [0.15, 0.2) is 29.3 Å². The Morgan fingerprint density at radius 3 is 2.32 bits per heavy atom. The molecule has 2 rings (SSSR count). The quantitative estimate of drug-likeness (QED) is 0.773. The molecule has 120 valence electrons. The minimum absolute atomic E-state index is 0.0425. The number of amidine groups is 1. The third-order valence-electron chi connectivity index (χ3n) is 3.05. The van der Waals surface area contributed by atoms with E-state index in [2.05, 4.69) is 0 Å². The highest BCUT2D eigenvalue weighted by Crippen LogP contribution is 2.29. The number of nitrogens with zero attached hydrogens (tertiary/aromatic N) is 3. The molecular formula is C16H22ClN3OS. The second kappa shape index (κ2) is 6.50. The molecule has 1 aromatic carbocycles. The summed E-state index contributed by atoms with van der Waals surface area (Å²) in [6.07, 6.45) is 0. The summed E-state index contributed by atoms with van der Waals surface area (Å²) in [4.78, 5) is 21.1. The number of anilines is 1. The van der Waals surface area contributed by atoms with E-state index in [4.69, 9.17) is 16.6 Å². The van der Waals surface area contributed by atoms with Crippen LogP contribution in [0.1, 0.15) is 34.6 Å². The second-order valence-corrected chi connectivity index (χ2v) is 7.84. The van der Waals surface area contributed by atoms with Crippen LogP contribution >= 0.6 is 23.4 Å². The predicted molar refractivity (Wildman–Crippen MR) is 95.9 cm³/mol. The molecule has 1 aliphatic heterocycles. The van der Waals surface area contributed by atoms with Crippen molar-refractivity contribution in [3.63, 3.8) is 0 Å². The van der Waals surface area contributed by atoms with Gasteiger partial charge in [0.1, 0.15) is 0 Å². The first-order valence-corrected chi connectivity index (χ1v) is 8.64. The van der Waals surface area contributed by atoms with Gasteiger partial charge >= 0.3 is 6.03 Å². The molecule has 0 saturated carbocycles. The number of hydrogen-bond acceptors (Lipinski definition) is 3. The summed E-state index contributed by atoms with van der Waals surface area (Å²) in [6, 6.07) is 7.34. The molecular weight excluding hydrogens is 318 g/mol. The highest BCUT2D eigenvalue weighted by atomic mass is 35.5. The van der Waals surface area contributed by atoms with Gasteiger partial charge in [0.15, 0.2) is 5.17 Å². The molecule has 1 fully saturated rings. The minimum atomic E-state index is -0.210. The largest absolute Gasteiger partial charge is 0.331 e. The van der Waals surface area contributed by atoms with Gasteiger partial charge in [-0.2, -0.15) is 0 Å². The first kappa shape index (κ1) is 17.2. The first-order chi connectivity index (χ1) is 10.2. The van der Waals surface area contributed by atoms with Crippen LogP contribution in [0, 0.1) is 0 Å². The Morgan fingerprint density at radius 2 is 1.82 bits per heavy atom. The van der Waals surface area contributed by atoms with Gasteiger partial charge < -0.3 is 0 Å². The number of hydrogen-bond donors (Lipinski definition) is 0. The summed E-state index contributed by atoms with van der Waals surface area (Å²) in [5.41, 5.74) is 0.639. The molecule has 6 heteroatoms. The number of carbonyl (C=O) groups is 1. The smallest absolute Gasteiger partial charge is 0.284 e. The molecule has 0 radical (unpaired) electrons. The van der Waals surface area contributed by atoms with E-state index in [9.17, 15) is 4.79 Å². The van der Waals surface area contributed by atoms with Crippen molar-refractivity contribution in [2.24, 2.45) is 4.99 Å². The normalized spacial score (nSPS) is 18.5. The standard InChI is InChI=1S/C16H22ClN3OS/c1-11(2)20-14(18-16(3,4)5)22-10-19(15(20)21)13-8-6-12(17)7-9-13/h6-9,11H,10H2,1-5H3. The van der Waals surface area contributed by atoms with Gasteiger partial charge in [-0.15, -0.1) is 0 Å². The maximum Gasteiger partial charge on any atom is 0.331 e. The zero-order valence-electron chi connectivity index (χ0n) is 13.6. The van der Waals surface area contributed by atoms with Gasteiger partial charge in [0.2, 0.25) is 0 Å². The third-order valence-corrected chi connectivity index (χ3v) is 4.24. The highest BCUT2D eigenvalue weighted by molar-refractivity contribution is 8.14. The zero-order valence-corrected chi connectivity index (χ0v) is 15.2. The molecule has 1 aromatic rings. The predicted octanol–water partition coefficient (Wildman–Crippen LogP) is 4.84. The molecule has 1 heterocycles. The van der Waals surface area contributed by atoms with Gasteiger partial charge in [-0.1, -0.05) is 23.4 Å². The lowest BCUT2D eigenvalue weighted by molar-refractivity contribution is 0.220. The van der Waals surface area contributed by atoms with Crippen molar-refractivity contribution in [3.05, 3.63) is 29.3 Å². The molecule has 0 atom stereocenters. The van der Waals surface area contributed by atoms with Crippen LogP contribution < -0.4 is 4.90 Å². The van der Waals surface area contributed by atoms with Crippen molar-refractivity contribution in [3.8, 4) is 0 Å². The minimum Gasteiger partial charge on any atom is -0.284 e. The fourth-order valence-electron chi connectivity index (χ4n) is 2.08. The van der Waals surface area contributed by atoms with E-state index in [-0.39, 0.29) is 17.6 Å². The number of amides is 2. The Balaban J connectivity index is 2.32. The number of carbonyl (C=O) groups excluding carboxylic acids is 1. The van der Waals surface area contributed by atoms with Crippen LogP contribution in [0.3, 0.4) is 0 Å². The topological polar surface area (TPSA) is 35.9 Å². The van der Waals surface area contributed by atoms with Crippen molar-refractivity contribution in [1.82, 2.24) is 4.90 Å². The van der Waals surface area contributed by atoms with Crippen molar-refractivity contribution in [2.45, 2.75) is 46.2 Å². The van der Waals surface area contributed by atoms with Gasteiger partial charge in [-0.05, 0) is 58.9 Å². The summed E-state index contributed by atoms with van der Waals surface area (Å²) < 4.78 is 0. The van der Waals surface area contributed by atoms with Crippen molar-refractivity contribution in [2.75, 3.05) is 10.8 Å². The van der Waals surface area contributed by atoms with Crippen molar-refractivity contribution < 1.29 is 4.79 Å². The van der Waals surface area contributed by atoms with Crippen LogP contribution in [-0.4, -0.2) is 33.6 Å². The third kappa shape index (κ3) is 3.96. The number of aliphatic imine (C=N–C) groups is 1. The summed E-state index contributed by atoms with van der Waals surface area (Å²) in [5.74, 6) is 0.554. The van der Waals surface area contributed by atoms with Gasteiger partial charge in [0.05, 0.1) is 11.4 Å².